The van der Waals surface area contributed by atoms with Gasteiger partial charge in [0.25, 0.3) is 0 Å². The summed E-state index contributed by atoms with van der Waals surface area (Å²) >= 11 is 3.97. The molecule has 0 radical (unpaired) electrons. The normalized spacial score (nSPS) is 12.3. The third kappa shape index (κ3) is 18.3. The smallest absolute Gasteiger partial charge is 0.148 e. The van der Waals surface area contributed by atoms with Gasteiger partial charge < -0.3 is 4.42 Å². The van der Waals surface area contributed by atoms with Crippen molar-refractivity contribution in [1.29, 1.82) is 0 Å². The zero-order valence-corrected chi connectivity index (χ0v) is 40.0. The number of fused-ring (bicyclic) bond motifs is 1. The molecule has 0 saturated heterocycles. The van der Waals surface area contributed by atoms with Gasteiger partial charge in [0.2, 0.25) is 0 Å². The van der Waals surface area contributed by atoms with E-state index >= 15 is 0 Å². The molecular formula is C55H86OS2. The molecule has 0 spiro atoms. The number of furan rings is 1. The standard InChI is InChI=1S/C55H86OS2/c1-6-8-10-12-14-16-18-20-22-24-26-28-30-32-34-36-49(52-41-39-46(4)57-52)50(37-35-33-31-29-27-25-23-21-19-17-15-13-11-9-7-2)53-42-43-54(58-53)55-47(5)48-40-38-45(3)44-51(48)56-55/h38-44H,6-37H2,1-5H3/b50-49+. The Bertz CT molecular complexity index is 1660. The summed E-state index contributed by atoms with van der Waals surface area (Å²) < 4.78 is 6.55. The lowest BCUT2D eigenvalue weighted by Crippen LogP contribution is -1.92. The lowest BCUT2D eigenvalue weighted by atomic mass is 9.94. The Labute approximate surface area is 366 Å². The van der Waals surface area contributed by atoms with Crippen LogP contribution in [0.4, 0.5) is 0 Å². The van der Waals surface area contributed by atoms with E-state index in [4.69, 9.17) is 4.42 Å². The number of unbranched alkanes of at least 4 members (excludes halogenated alkanes) is 28. The third-order valence-corrected chi connectivity index (χ3v) is 14.9. The molecule has 3 aromatic heterocycles. The molecule has 324 valence electrons. The van der Waals surface area contributed by atoms with Gasteiger partial charge in [0.15, 0.2) is 0 Å². The van der Waals surface area contributed by atoms with Crippen molar-refractivity contribution in [2.45, 2.75) is 240 Å². The molecule has 0 saturated carbocycles. The highest BCUT2D eigenvalue weighted by atomic mass is 32.1. The summed E-state index contributed by atoms with van der Waals surface area (Å²) in [5.74, 6) is 1.05. The first-order valence-corrected chi connectivity index (χ1v) is 26.5. The van der Waals surface area contributed by atoms with Crippen LogP contribution in [0.25, 0.3) is 32.8 Å². The molecule has 3 heterocycles. The van der Waals surface area contributed by atoms with Crippen LogP contribution in [-0.4, -0.2) is 0 Å². The monoisotopic (exact) mass is 827 g/mol. The van der Waals surface area contributed by atoms with E-state index in [-0.39, 0.29) is 0 Å². The molecule has 0 fully saturated rings. The molecule has 4 aromatic rings. The number of allylic oxidation sites excluding steroid dienone is 2. The van der Waals surface area contributed by atoms with Crippen molar-refractivity contribution in [1.82, 2.24) is 0 Å². The second kappa shape index (κ2) is 30.0. The first-order valence-electron chi connectivity index (χ1n) is 24.9. The molecule has 0 aliphatic rings. The second-order valence-electron chi connectivity index (χ2n) is 18.0. The summed E-state index contributed by atoms with van der Waals surface area (Å²) in [6, 6.07) is 16.2. The minimum atomic E-state index is 1.01. The highest BCUT2D eigenvalue weighted by Crippen LogP contribution is 2.43. The van der Waals surface area contributed by atoms with Gasteiger partial charge in [-0.05, 0) is 93.5 Å². The fourth-order valence-electron chi connectivity index (χ4n) is 8.98. The lowest BCUT2D eigenvalue weighted by molar-refractivity contribution is 0.532. The van der Waals surface area contributed by atoms with Gasteiger partial charge in [-0.15, -0.1) is 22.7 Å². The van der Waals surface area contributed by atoms with E-state index in [0.717, 1.165) is 11.3 Å². The number of thiophene rings is 2. The van der Waals surface area contributed by atoms with Crippen molar-refractivity contribution < 1.29 is 4.42 Å². The van der Waals surface area contributed by atoms with Crippen molar-refractivity contribution in [3.05, 3.63) is 68.2 Å². The first-order chi connectivity index (χ1) is 28.5. The first kappa shape index (κ1) is 48.6. The minimum Gasteiger partial charge on any atom is -0.455 e. The van der Waals surface area contributed by atoms with Gasteiger partial charge in [-0.3, -0.25) is 0 Å². The largest absolute Gasteiger partial charge is 0.455 e. The van der Waals surface area contributed by atoms with E-state index in [2.05, 4.69) is 77.1 Å². The van der Waals surface area contributed by atoms with E-state index in [1.807, 2.05) is 22.7 Å². The van der Waals surface area contributed by atoms with Gasteiger partial charge in [-0.1, -0.05) is 206 Å². The van der Waals surface area contributed by atoms with E-state index < -0.39 is 0 Å². The molecule has 58 heavy (non-hydrogen) atoms. The van der Waals surface area contributed by atoms with Crippen molar-refractivity contribution in [2.75, 3.05) is 0 Å². The van der Waals surface area contributed by atoms with Crippen molar-refractivity contribution in [3.8, 4) is 10.6 Å². The molecule has 0 aliphatic heterocycles. The van der Waals surface area contributed by atoms with Crippen LogP contribution < -0.4 is 0 Å². The van der Waals surface area contributed by atoms with E-state index in [0.29, 0.717) is 0 Å². The predicted octanol–water partition coefficient (Wildman–Crippen LogP) is 20.6. The quantitative estimate of drug-likeness (QED) is 0.0421. The Morgan fingerprint density at radius 2 is 0.828 bits per heavy atom. The van der Waals surface area contributed by atoms with Crippen molar-refractivity contribution in [3.63, 3.8) is 0 Å². The molecule has 0 bridgehead atoms. The molecule has 0 atom stereocenters. The van der Waals surface area contributed by atoms with E-state index in [9.17, 15) is 0 Å². The number of hydrogen-bond donors (Lipinski definition) is 0. The predicted molar refractivity (Wildman–Crippen MR) is 264 cm³/mol. The van der Waals surface area contributed by atoms with Gasteiger partial charge >= 0.3 is 0 Å². The Balaban J connectivity index is 1.31. The number of hydrogen-bond acceptors (Lipinski definition) is 3. The molecule has 4 rings (SSSR count). The molecule has 1 aromatic carbocycles. The van der Waals surface area contributed by atoms with Crippen LogP contribution in [0.3, 0.4) is 0 Å². The molecule has 3 heteroatoms. The maximum atomic E-state index is 6.55. The summed E-state index contributed by atoms with van der Waals surface area (Å²) in [5, 5.41) is 1.24. The van der Waals surface area contributed by atoms with Crippen LogP contribution in [0.15, 0.2) is 46.9 Å². The Kier molecular flexibility index (Phi) is 25.1. The van der Waals surface area contributed by atoms with Crippen LogP contribution in [0, 0.1) is 20.8 Å². The van der Waals surface area contributed by atoms with Crippen LogP contribution in [-0.2, 0) is 0 Å². The molecule has 0 amide bonds. The Hall–Kier alpha value is -2.10. The SMILES string of the molecule is CCCCCCCCCCCCCCCCC/C(=C(/CCCCCCCCCCCCCCCCC)c1ccc(-c2oc3cc(C)ccc3c2C)s1)c1ccc(C)s1. The van der Waals surface area contributed by atoms with Gasteiger partial charge in [-0.25, -0.2) is 0 Å². The second-order valence-corrected chi connectivity index (χ2v) is 20.4. The third-order valence-electron chi connectivity index (χ3n) is 12.7. The topological polar surface area (TPSA) is 13.1 Å². The van der Waals surface area contributed by atoms with Crippen LogP contribution in [0.2, 0.25) is 0 Å². The van der Waals surface area contributed by atoms with Gasteiger partial charge in [0.1, 0.15) is 11.3 Å². The summed E-state index contributed by atoms with van der Waals surface area (Å²) in [7, 11) is 0. The zero-order valence-electron chi connectivity index (χ0n) is 38.4. The lowest BCUT2D eigenvalue weighted by Gasteiger charge is -2.15. The Morgan fingerprint density at radius 3 is 1.24 bits per heavy atom. The maximum Gasteiger partial charge on any atom is 0.148 e. The van der Waals surface area contributed by atoms with Crippen LogP contribution >= 0.6 is 22.7 Å². The van der Waals surface area contributed by atoms with Gasteiger partial charge in [0.05, 0.1) is 4.88 Å². The summed E-state index contributed by atoms with van der Waals surface area (Å²) in [6.45, 7) is 11.3. The summed E-state index contributed by atoms with van der Waals surface area (Å²) in [4.78, 5) is 5.65. The summed E-state index contributed by atoms with van der Waals surface area (Å²) in [6.07, 6.45) is 44.8. The fourth-order valence-corrected chi connectivity index (χ4v) is 11.1. The Morgan fingerprint density at radius 1 is 0.431 bits per heavy atom. The molecule has 0 unspecified atom stereocenters. The van der Waals surface area contributed by atoms with Gasteiger partial charge in [0, 0.05) is 25.6 Å². The minimum absolute atomic E-state index is 1.01. The average Bonchev–Trinajstić information content (AvgIpc) is 3.96. The molecular weight excluding hydrogens is 741 g/mol. The number of benzene rings is 1. The molecule has 1 nitrogen and oxygen atoms in total. The van der Waals surface area contributed by atoms with Crippen molar-refractivity contribution in [2.24, 2.45) is 0 Å². The van der Waals surface area contributed by atoms with E-state index in [1.54, 1.807) is 11.1 Å². The van der Waals surface area contributed by atoms with Crippen LogP contribution in [0.1, 0.15) is 245 Å². The zero-order chi connectivity index (χ0) is 41.0. The summed E-state index contributed by atoms with van der Waals surface area (Å²) in [5.41, 5.74) is 6.77. The maximum absolute atomic E-state index is 6.55. The molecule has 0 aliphatic carbocycles. The van der Waals surface area contributed by atoms with Gasteiger partial charge in [-0.2, -0.15) is 0 Å². The average molecular weight is 827 g/mol. The highest BCUT2D eigenvalue weighted by molar-refractivity contribution is 7.16. The number of rotatable bonds is 35. The van der Waals surface area contributed by atoms with Crippen molar-refractivity contribution >= 4 is 44.8 Å². The van der Waals surface area contributed by atoms with Crippen LogP contribution in [0.5, 0.6) is 0 Å². The van der Waals surface area contributed by atoms with E-state index in [1.165, 1.54) is 241 Å². The number of aryl methyl sites for hydroxylation is 3. The highest BCUT2D eigenvalue weighted by Gasteiger charge is 2.19. The fraction of sp³-hybridized carbons (Fsp3) is 0.673. The molecule has 0 N–H and O–H groups in total.